The molecule has 66 valence electrons. The molecule has 0 spiro atoms. The van der Waals surface area contributed by atoms with Crippen LogP contribution in [-0.4, -0.2) is 36.5 Å². The molecule has 0 aliphatic carbocycles. The zero-order valence-corrected chi connectivity index (χ0v) is 6.78. The molecule has 0 aromatic rings. The maximum atomic E-state index is 11.1. The average Bonchev–Trinajstić information content (AvgIpc) is 2.04. The van der Waals surface area contributed by atoms with Crippen LogP contribution in [0.1, 0.15) is 6.42 Å². The van der Waals surface area contributed by atoms with Gasteiger partial charge in [-0.1, -0.05) is 6.08 Å². The third-order valence-corrected chi connectivity index (χ3v) is 1.61. The smallest absolute Gasteiger partial charge is 0.255 e. The summed E-state index contributed by atoms with van der Waals surface area (Å²) < 4.78 is 4.74. The molecule has 0 radical (unpaired) electrons. The number of rotatable bonds is 3. The fourth-order valence-electron chi connectivity index (χ4n) is 0.990. The Kier molecular flexibility index (Phi) is 2.99. The lowest BCUT2D eigenvalue weighted by molar-refractivity contribution is -0.158. The first kappa shape index (κ1) is 8.93. The van der Waals surface area contributed by atoms with Crippen molar-refractivity contribution < 1.29 is 14.3 Å². The first-order valence-corrected chi connectivity index (χ1v) is 3.77. The van der Waals surface area contributed by atoms with Crippen molar-refractivity contribution in [1.29, 1.82) is 0 Å². The average molecular weight is 169 g/mol. The fourth-order valence-corrected chi connectivity index (χ4v) is 0.990. The van der Waals surface area contributed by atoms with Crippen LogP contribution in [0, 0.1) is 0 Å². The highest BCUT2D eigenvalue weighted by molar-refractivity contribution is 5.98. The second-order valence-corrected chi connectivity index (χ2v) is 2.51. The van der Waals surface area contributed by atoms with E-state index in [-0.39, 0.29) is 25.0 Å². The second-order valence-electron chi connectivity index (χ2n) is 2.51. The number of carbonyl (C=O) groups is 2. The van der Waals surface area contributed by atoms with Crippen LogP contribution < -0.4 is 0 Å². The minimum absolute atomic E-state index is 0.0167. The summed E-state index contributed by atoms with van der Waals surface area (Å²) in [4.78, 5) is 23.3. The quantitative estimate of drug-likeness (QED) is 0.439. The van der Waals surface area contributed by atoms with Gasteiger partial charge in [0.25, 0.3) is 11.8 Å². The van der Waals surface area contributed by atoms with Gasteiger partial charge in [-0.15, -0.1) is 6.58 Å². The van der Waals surface area contributed by atoms with Gasteiger partial charge in [-0.3, -0.25) is 14.5 Å². The highest BCUT2D eigenvalue weighted by Crippen LogP contribution is 2.01. The van der Waals surface area contributed by atoms with Gasteiger partial charge in [0.15, 0.2) is 0 Å². The number of hydrogen-bond acceptors (Lipinski definition) is 3. The molecule has 1 aliphatic rings. The van der Waals surface area contributed by atoms with Gasteiger partial charge in [-0.25, -0.2) is 0 Å². The van der Waals surface area contributed by atoms with Crippen LogP contribution in [0.25, 0.3) is 0 Å². The Hall–Kier alpha value is -1.16. The number of nitrogens with zero attached hydrogens (tertiary/aromatic N) is 1. The summed E-state index contributed by atoms with van der Waals surface area (Å²) in [6.07, 6.45) is 2.31. The summed E-state index contributed by atoms with van der Waals surface area (Å²) in [5.74, 6) is -0.513. The van der Waals surface area contributed by atoms with Crippen LogP contribution in [0.4, 0.5) is 0 Å². The third kappa shape index (κ3) is 1.92. The lowest BCUT2D eigenvalue weighted by Crippen LogP contribution is -2.46. The van der Waals surface area contributed by atoms with Crippen molar-refractivity contribution in [1.82, 2.24) is 4.90 Å². The van der Waals surface area contributed by atoms with E-state index in [9.17, 15) is 9.59 Å². The standard InChI is InChI=1S/C8H11NO3/c1-2-3-4-9-7(10)5-12-6-8(9)11/h2H,1,3-6H2. The number of imide groups is 1. The van der Waals surface area contributed by atoms with E-state index >= 15 is 0 Å². The molecule has 1 fully saturated rings. The number of amides is 2. The van der Waals surface area contributed by atoms with Crippen molar-refractivity contribution in [2.45, 2.75) is 6.42 Å². The Balaban J connectivity index is 2.51. The van der Waals surface area contributed by atoms with Crippen LogP contribution in [0.3, 0.4) is 0 Å². The molecule has 0 aromatic heterocycles. The van der Waals surface area contributed by atoms with Gasteiger partial charge in [0.05, 0.1) is 0 Å². The second kappa shape index (κ2) is 4.01. The Morgan fingerprint density at radius 1 is 1.42 bits per heavy atom. The molecule has 4 heteroatoms. The Labute approximate surface area is 70.8 Å². The van der Waals surface area contributed by atoms with Crippen LogP contribution >= 0.6 is 0 Å². The van der Waals surface area contributed by atoms with E-state index in [0.29, 0.717) is 13.0 Å². The Morgan fingerprint density at radius 3 is 2.50 bits per heavy atom. The van der Waals surface area contributed by atoms with Crippen LogP contribution in [0.2, 0.25) is 0 Å². The number of hydrogen-bond donors (Lipinski definition) is 0. The summed E-state index contributed by atoms with van der Waals surface area (Å²) in [5.41, 5.74) is 0. The summed E-state index contributed by atoms with van der Waals surface area (Å²) in [6, 6.07) is 0. The van der Waals surface area contributed by atoms with E-state index in [1.807, 2.05) is 0 Å². The molecule has 1 heterocycles. The molecule has 12 heavy (non-hydrogen) atoms. The van der Waals surface area contributed by atoms with E-state index in [1.165, 1.54) is 4.90 Å². The molecule has 0 aromatic carbocycles. The lowest BCUT2D eigenvalue weighted by Gasteiger charge is -2.24. The number of morpholine rings is 1. The summed E-state index contributed by atoms with van der Waals surface area (Å²) >= 11 is 0. The van der Waals surface area contributed by atoms with E-state index in [4.69, 9.17) is 4.74 Å². The van der Waals surface area contributed by atoms with Crippen LogP contribution in [0.5, 0.6) is 0 Å². The van der Waals surface area contributed by atoms with E-state index in [0.717, 1.165) is 0 Å². The first-order chi connectivity index (χ1) is 5.75. The number of carbonyl (C=O) groups excluding carboxylic acids is 2. The molecule has 2 amide bonds. The van der Waals surface area contributed by atoms with Gasteiger partial charge < -0.3 is 4.74 Å². The van der Waals surface area contributed by atoms with Gasteiger partial charge in [0.1, 0.15) is 13.2 Å². The Bertz CT molecular complexity index is 196. The molecule has 0 atom stereocenters. The molecule has 1 saturated heterocycles. The zero-order chi connectivity index (χ0) is 8.97. The monoisotopic (exact) mass is 169 g/mol. The fraction of sp³-hybridized carbons (Fsp3) is 0.500. The predicted molar refractivity (Wildman–Crippen MR) is 42.4 cm³/mol. The highest BCUT2D eigenvalue weighted by Gasteiger charge is 2.25. The summed E-state index contributed by atoms with van der Waals surface area (Å²) in [5, 5.41) is 0. The lowest BCUT2D eigenvalue weighted by atomic mass is 10.3. The van der Waals surface area contributed by atoms with Crippen molar-refractivity contribution in [3.8, 4) is 0 Å². The van der Waals surface area contributed by atoms with Crippen molar-refractivity contribution in [3.63, 3.8) is 0 Å². The Morgan fingerprint density at radius 2 is 2.00 bits per heavy atom. The van der Waals surface area contributed by atoms with Crippen molar-refractivity contribution in [2.24, 2.45) is 0 Å². The first-order valence-electron chi connectivity index (χ1n) is 3.77. The zero-order valence-electron chi connectivity index (χ0n) is 6.78. The van der Waals surface area contributed by atoms with Crippen LogP contribution in [-0.2, 0) is 14.3 Å². The molecule has 1 aliphatic heterocycles. The molecular weight excluding hydrogens is 158 g/mol. The van der Waals surface area contributed by atoms with E-state index in [2.05, 4.69) is 6.58 Å². The van der Waals surface area contributed by atoms with Gasteiger partial charge in [0, 0.05) is 6.54 Å². The molecule has 0 N–H and O–H groups in total. The maximum absolute atomic E-state index is 11.1. The molecule has 0 unspecified atom stereocenters. The minimum Gasteiger partial charge on any atom is -0.362 e. The SMILES string of the molecule is C=CCCN1C(=O)COCC1=O. The molecular formula is C8H11NO3. The maximum Gasteiger partial charge on any atom is 0.255 e. The number of ether oxygens (including phenoxy) is 1. The van der Waals surface area contributed by atoms with Crippen molar-refractivity contribution >= 4 is 11.8 Å². The van der Waals surface area contributed by atoms with Crippen LogP contribution in [0.15, 0.2) is 12.7 Å². The van der Waals surface area contributed by atoms with Crippen molar-refractivity contribution in [3.05, 3.63) is 12.7 Å². The largest absolute Gasteiger partial charge is 0.362 e. The molecule has 0 saturated carbocycles. The van der Waals surface area contributed by atoms with Gasteiger partial charge in [-0.05, 0) is 6.42 Å². The van der Waals surface area contributed by atoms with Gasteiger partial charge in [0.2, 0.25) is 0 Å². The molecule has 1 rings (SSSR count). The van der Waals surface area contributed by atoms with E-state index in [1.54, 1.807) is 6.08 Å². The van der Waals surface area contributed by atoms with Gasteiger partial charge in [-0.2, -0.15) is 0 Å². The normalized spacial score (nSPS) is 18.2. The molecule has 0 bridgehead atoms. The van der Waals surface area contributed by atoms with Gasteiger partial charge >= 0.3 is 0 Å². The summed E-state index contributed by atoms with van der Waals surface area (Å²) in [7, 11) is 0. The summed E-state index contributed by atoms with van der Waals surface area (Å²) in [6.45, 7) is 3.97. The predicted octanol–water partition coefficient (Wildman–Crippen LogP) is -0.0521. The minimum atomic E-state index is -0.256. The highest BCUT2D eigenvalue weighted by atomic mass is 16.5. The topological polar surface area (TPSA) is 46.6 Å². The third-order valence-electron chi connectivity index (χ3n) is 1.61. The molecule has 4 nitrogen and oxygen atoms in total. The van der Waals surface area contributed by atoms with E-state index < -0.39 is 0 Å². The van der Waals surface area contributed by atoms with Crippen molar-refractivity contribution in [2.75, 3.05) is 19.8 Å².